The molecule has 0 aliphatic heterocycles. The van der Waals surface area contributed by atoms with E-state index in [1.807, 2.05) is 0 Å². The summed E-state index contributed by atoms with van der Waals surface area (Å²) in [5, 5.41) is 30.8. The van der Waals surface area contributed by atoms with Crippen LogP contribution < -0.4 is 10.6 Å². The van der Waals surface area contributed by atoms with E-state index in [0.29, 0.717) is 11.8 Å². The molecule has 10 heteroatoms. The second-order valence-corrected chi connectivity index (χ2v) is 6.61. The van der Waals surface area contributed by atoms with Crippen LogP contribution in [0.5, 0.6) is 0 Å². The summed E-state index contributed by atoms with van der Waals surface area (Å²) in [5.41, 5.74) is -0.757. The van der Waals surface area contributed by atoms with Crippen LogP contribution in [-0.2, 0) is 0 Å². The van der Waals surface area contributed by atoms with Crippen molar-refractivity contribution in [2.24, 2.45) is 0 Å². The summed E-state index contributed by atoms with van der Waals surface area (Å²) < 4.78 is 38.6. The molecule has 5 N–H and O–H groups in total. The van der Waals surface area contributed by atoms with Crippen LogP contribution in [0.25, 0.3) is 5.70 Å². The molecule has 0 bridgehead atoms. The van der Waals surface area contributed by atoms with Crippen molar-refractivity contribution >= 4 is 34.6 Å². The monoisotopic (exact) mass is 441 g/mol. The van der Waals surface area contributed by atoms with Crippen LogP contribution >= 0.6 is 11.6 Å². The number of rotatable bonds is 8. The summed E-state index contributed by atoms with van der Waals surface area (Å²) in [5.74, 6) is -0.526. The Bertz CT molecular complexity index is 931. The predicted molar refractivity (Wildman–Crippen MR) is 109 cm³/mol. The van der Waals surface area contributed by atoms with Gasteiger partial charge in [-0.3, -0.25) is 10.2 Å². The smallest absolute Gasteiger partial charge is 0.394 e. The highest BCUT2D eigenvalue weighted by molar-refractivity contribution is 6.33. The second kappa shape index (κ2) is 10.2. The predicted octanol–water partition coefficient (Wildman–Crippen LogP) is 3.46. The number of para-hydroxylation sites is 1. The van der Waals surface area contributed by atoms with E-state index in [2.05, 4.69) is 10.6 Å². The molecule has 1 atom stereocenters. The summed E-state index contributed by atoms with van der Waals surface area (Å²) in [6, 6.07) is 12.0. The number of aliphatic hydroxyl groups excluding tert-OH is 2. The molecular formula is C20H19ClF3N3O3. The molecule has 1 amide bonds. The third-order valence-corrected chi connectivity index (χ3v) is 4.23. The number of carbonyl (C=O) groups is 1. The fraction of sp³-hybridized carbons (Fsp3) is 0.200. The molecule has 0 heterocycles. The van der Waals surface area contributed by atoms with E-state index < -0.39 is 30.5 Å². The van der Waals surface area contributed by atoms with Crippen molar-refractivity contribution in [2.75, 3.05) is 18.5 Å². The van der Waals surface area contributed by atoms with Gasteiger partial charge in [0.1, 0.15) is 5.71 Å². The first kappa shape index (κ1) is 23.4. The fourth-order valence-corrected chi connectivity index (χ4v) is 2.49. The minimum absolute atomic E-state index is 0.0342. The zero-order valence-corrected chi connectivity index (χ0v) is 16.3. The number of alkyl halides is 3. The fourth-order valence-electron chi connectivity index (χ4n) is 2.30. The van der Waals surface area contributed by atoms with Crippen LogP contribution in [-0.4, -0.2) is 47.3 Å². The van der Waals surface area contributed by atoms with Crippen molar-refractivity contribution in [3.05, 3.63) is 70.8 Å². The molecule has 1 unspecified atom stereocenters. The van der Waals surface area contributed by atoms with E-state index in [1.54, 1.807) is 24.3 Å². The molecule has 0 radical (unpaired) electrons. The second-order valence-electron chi connectivity index (χ2n) is 6.20. The van der Waals surface area contributed by atoms with Gasteiger partial charge in [0, 0.05) is 17.8 Å². The number of nitrogens with one attached hydrogen (secondary N) is 3. The summed E-state index contributed by atoms with van der Waals surface area (Å²) in [4.78, 5) is 12.1. The van der Waals surface area contributed by atoms with Crippen LogP contribution in [0.3, 0.4) is 0 Å². The summed E-state index contributed by atoms with van der Waals surface area (Å²) >= 11 is 6.06. The van der Waals surface area contributed by atoms with Crippen LogP contribution in [0.1, 0.15) is 15.9 Å². The van der Waals surface area contributed by atoms with Gasteiger partial charge in [-0.25, -0.2) is 0 Å². The molecule has 0 saturated heterocycles. The van der Waals surface area contributed by atoms with Crippen LogP contribution in [0.4, 0.5) is 18.9 Å². The van der Waals surface area contributed by atoms with Crippen LogP contribution in [0.2, 0.25) is 5.02 Å². The lowest BCUT2D eigenvalue weighted by molar-refractivity contribution is -0.0583. The molecule has 0 aliphatic rings. The minimum atomic E-state index is -4.83. The minimum Gasteiger partial charge on any atom is -0.394 e. The van der Waals surface area contributed by atoms with Gasteiger partial charge in [-0.05, 0) is 35.9 Å². The van der Waals surface area contributed by atoms with E-state index in [1.165, 1.54) is 24.3 Å². The Balaban J connectivity index is 2.30. The summed E-state index contributed by atoms with van der Waals surface area (Å²) in [7, 11) is 0. The summed E-state index contributed by atoms with van der Waals surface area (Å²) in [6.07, 6.45) is -5.30. The first-order chi connectivity index (χ1) is 14.1. The Morgan fingerprint density at radius 2 is 1.73 bits per heavy atom. The molecular weight excluding hydrogens is 423 g/mol. The highest BCUT2D eigenvalue weighted by Crippen LogP contribution is 2.27. The number of aliphatic hydroxyl groups is 2. The molecule has 2 aromatic carbocycles. The Kier molecular flexibility index (Phi) is 7.99. The Labute approximate surface area is 175 Å². The maximum atomic E-state index is 12.9. The first-order valence-electron chi connectivity index (χ1n) is 8.68. The van der Waals surface area contributed by atoms with Crippen molar-refractivity contribution in [3.8, 4) is 0 Å². The van der Waals surface area contributed by atoms with Gasteiger partial charge in [-0.15, -0.1) is 0 Å². The van der Waals surface area contributed by atoms with Crippen molar-refractivity contribution < 1.29 is 28.2 Å². The molecule has 0 fully saturated rings. The zero-order chi connectivity index (χ0) is 22.3. The van der Waals surface area contributed by atoms with Crippen LogP contribution in [0, 0.1) is 5.41 Å². The lowest BCUT2D eigenvalue weighted by Crippen LogP contribution is -2.33. The lowest BCUT2D eigenvalue weighted by Gasteiger charge is -2.15. The number of carbonyl (C=O) groups excluding carboxylic acids is 1. The number of hydrogen-bond acceptors (Lipinski definition) is 5. The first-order valence-corrected chi connectivity index (χ1v) is 9.06. The lowest BCUT2D eigenvalue weighted by atomic mass is 10.1. The van der Waals surface area contributed by atoms with E-state index in [0.717, 1.165) is 0 Å². The number of benzene rings is 2. The van der Waals surface area contributed by atoms with E-state index in [-0.39, 0.29) is 28.4 Å². The third kappa shape index (κ3) is 6.58. The average molecular weight is 442 g/mol. The summed E-state index contributed by atoms with van der Waals surface area (Å²) in [6.45, 7) is -0.661. The van der Waals surface area contributed by atoms with Crippen molar-refractivity contribution in [1.82, 2.24) is 5.32 Å². The highest BCUT2D eigenvalue weighted by Gasteiger charge is 2.33. The molecule has 0 saturated carbocycles. The van der Waals surface area contributed by atoms with Gasteiger partial charge in [0.15, 0.2) is 0 Å². The maximum absolute atomic E-state index is 12.9. The Hall–Kier alpha value is -2.88. The van der Waals surface area contributed by atoms with Gasteiger partial charge in [-0.1, -0.05) is 35.9 Å². The molecule has 0 spiro atoms. The van der Waals surface area contributed by atoms with Gasteiger partial charge in [0.2, 0.25) is 0 Å². The number of hydrogen-bond donors (Lipinski definition) is 5. The number of halogens is 4. The molecule has 30 heavy (non-hydrogen) atoms. The van der Waals surface area contributed by atoms with Gasteiger partial charge in [-0.2, -0.15) is 13.2 Å². The topological polar surface area (TPSA) is 105 Å². The SMILES string of the molecule is N=C(/C=C(\Nc1ccccc1Cl)c1ccc(C(=O)NCC(O)CO)cc1)C(F)(F)F. The third-order valence-electron chi connectivity index (χ3n) is 3.90. The Morgan fingerprint density at radius 3 is 2.30 bits per heavy atom. The molecule has 0 aliphatic carbocycles. The molecule has 2 rings (SSSR count). The van der Waals surface area contributed by atoms with Gasteiger partial charge < -0.3 is 20.8 Å². The quantitative estimate of drug-likeness (QED) is 0.404. The van der Waals surface area contributed by atoms with Gasteiger partial charge in [0.25, 0.3) is 5.91 Å². The van der Waals surface area contributed by atoms with E-state index in [4.69, 9.17) is 22.1 Å². The highest BCUT2D eigenvalue weighted by atomic mass is 35.5. The number of allylic oxidation sites excluding steroid dienone is 1. The molecule has 6 nitrogen and oxygen atoms in total. The van der Waals surface area contributed by atoms with Crippen molar-refractivity contribution in [3.63, 3.8) is 0 Å². The number of amides is 1. The molecule has 2 aromatic rings. The van der Waals surface area contributed by atoms with Crippen LogP contribution in [0.15, 0.2) is 54.6 Å². The van der Waals surface area contributed by atoms with Crippen molar-refractivity contribution in [1.29, 1.82) is 5.41 Å². The molecule has 0 aromatic heterocycles. The zero-order valence-electron chi connectivity index (χ0n) is 15.5. The standard InChI is InChI=1S/C20H19ClF3N3O3/c21-15-3-1-2-4-16(15)27-17(9-18(25)20(22,23)24)12-5-7-13(8-6-12)19(30)26-10-14(29)11-28/h1-9,14,25,27-29H,10-11H2,(H,26,30)/b17-9-,25-18?. The largest absolute Gasteiger partial charge is 0.432 e. The number of anilines is 1. The van der Waals surface area contributed by atoms with Gasteiger partial charge in [0.05, 0.1) is 23.4 Å². The Morgan fingerprint density at radius 1 is 1.13 bits per heavy atom. The van der Waals surface area contributed by atoms with E-state index >= 15 is 0 Å². The molecule has 160 valence electrons. The maximum Gasteiger partial charge on any atom is 0.432 e. The van der Waals surface area contributed by atoms with Gasteiger partial charge >= 0.3 is 6.18 Å². The van der Waals surface area contributed by atoms with Crippen molar-refractivity contribution in [2.45, 2.75) is 12.3 Å². The average Bonchev–Trinajstić information content (AvgIpc) is 2.72. The van der Waals surface area contributed by atoms with E-state index in [9.17, 15) is 23.1 Å². The normalized spacial score (nSPS) is 12.9.